The highest BCUT2D eigenvalue weighted by atomic mass is 16.5. The van der Waals surface area contributed by atoms with Crippen LogP contribution in [0.1, 0.15) is 5.56 Å². The number of aromatic nitrogens is 1. The van der Waals surface area contributed by atoms with Gasteiger partial charge in [-0.1, -0.05) is 6.07 Å². The van der Waals surface area contributed by atoms with Gasteiger partial charge < -0.3 is 26.3 Å². The molecule has 0 bridgehead atoms. The Morgan fingerprint density at radius 2 is 2.17 bits per heavy atom. The fourth-order valence-corrected chi connectivity index (χ4v) is 2.33. The van der Waals surface area contributed by atoms with Crippen LogP contribution in [0.4, 0.5) is 0 Å². The summed E-state index contributed by atoms with van der Waals surface area (Å²) in [5.74, 6) is -0.637. The molecule has 0 aliphatic carbocycles. The maximum Gasteiger partial charge on any atom is 0.135 e. The third-order valence-electron chi connectivity index (χ3n) is 3.29. The van der Waals surface area contributed by atoms with Crippen molar-refractivity contribution in [3.8, 4) is 0 Å². The van der Waals surface area contributed by atoms with Gasteiger partial charge in [-0.3, -0.25) is 4.98 Å². The van der Waals surface area contributed by atoms with E-state index in [0.29, 0.717) is 11.5 Å². The van der Waals surface area contributed by atoms with Crippen LogP contribution in [0.15, 0.2) is 24.5 Å². The van der Waals surface area contributed by atoms with Crippen molar-refractivity contribution in [2.24, 2.45) is 11.7 Å². The van der Waals surface area contributed by atoms with Gasteiger partial charge in [0.1, 0.15) is 18.5 Å². The molecule has 0 saturated carbocycles. The molecule has 1 aliphatic rings. The van der Waals surface area contributed by atoms with Gasteiger partial charge in [0.15, 0.2) is 0 Å². The molecule has 0 aromatic carbocycles. The topological polar surface area (TPSA) is 123 Å². The second-order valence-electron chi connectivity index (χ2n) is 4.49. The van der Waals surface area contributed by atoms with E-state index in [-0.39, 0.29) is 0 Å². The molecule has 1 fully saturated rings. The molecule has 100 valence electrons. The first-order valence-corrected chi connectivity index (χ1v) is 5.68. The Hall–Kier alpha value is -1.09. The Morgan fingerprint density at radius 1 is 1.44 bits per heavy atom. The highest BCUT2D eigenvalue weighted by molar-refractivity contribution is 5.11. The molecule has 18 heavy (non-hydrogen) atoms. The lowest BCUT2D eigenvalue weighted by atomic mass is 9.93. The molecule has 1 aromatic rings. The second-order valence-corrected chi connectivity index (χ2v) is 4.49. The van der Waals surface area contributed by atoms with E-state index in [9.17, 15) is 20.5 Å². The van der Waals surface area contributed by atoms with Crippen molar-refractivity contribution in [1.29, 1.82) is 0 Å². The monoisotopic (exact) mass is 255 g/mol. The van der Waals surface area contributed by atoms with E-state index in [4.69, 9.17) is 5.73 Å². The lowest BCUT2D eigenvalue weighted by Crippen LogP contribution is -2.49. The van der Waals surface area contributed by atoms with Gasteiger partial charge >= 0.3 is 0 Å². The first-order chi connectivity index (χ1) is 8.52. The molecule has 0 amide bonds. The summed E-state index contributed by atoms with van der Waals surface area (Å²) < 4.78 is 0. The minimum atomic E-state index is -1.43. The Bertz CT molecular complexity index is 389. The molecule has 1 aromatic heterocycles. The number of aliphatic hydroxyl groups excluding tert-OH is 3. The number of hydrogen-bond donors (Lipinski definition) is 5. The number of nitrogens with two attached hydrogens (primary N) is 1. The van der Waals surface area contributed by atoms with Gasteiger partial charge in [0.2, 0.25) is 0 Å². The van der Waals surface area contributed by atoms with E-state index in [0.717, 1.165) is 5.56 Å². The quantitative estimate of drug-likeness (QED) is 0.407. The van der Waals surface area contributed by atoms with Crippen molar-refractivity contribution >= 4 is 0 Å². The molecule has 5 atom stereocenters. The largest absolute Gasteiger partial charge is 0.391 e. The van der Waals surface area contributed by atoms with Gasteiger partial charge in [0, 0.05) is 18.3 Å². The maximum atomic E-state index is 10.00. The Kier molecular flexibility index (Phi) is 3.91. The van der Waals surface area contributed by atoms with Gasteiger partial charge in [-0.2, -0.15) is 5.06 Å². The van der Waals surface area contributed by atoms with Crippen molar-refractivity contribution in [1.82, 2.24) is 10.0 Å². The molecule has 2 rings (SSSR count). The van der Waals surface area contributed by atoms with Crippen LogP contribution in [0, 0.1) is 5.92 Å². The highest BCUT2D eigenvalue weighted by Crippen LogP contribution is 2.30. The van der Waals surface area contributed by atoms with Gasteiger partial charge in [-0.05, 0) is 18.1 Å². The minimum Gasteiger partial charge on any atom is -0.391 e. The van der Waals surface area contributed by atoms with Gasteiger partial charge in [0.25, 0.3) is 0 Å². The summed E-state index contributed by atoms with van der Waals surface area (Å²) in [4.78, 5) is 3.94. The standard InChI is InChI=1S/C11H17N3O4/c12-10(16)8-9(15)7(11(17)14(8)18)4-6-2-1-3-13-5-6/h1-3,5,7-11,15-18H,4,12H2. The van der Waals surface area contributed by atoms with Crippen LogP contribution in [0.5, 0.6) is 0 Å². The van der Waals surface area contributed by atoms with E-state index < -0.39 is 30.5 Å². The van der Waals surface area contributed by atoms with Crippen molar-refractivity contribution < 1.29 is 20.5 Å². The molecule has 0 radical (unpaired) electrons. The number of rotatable bonds is 3. The van der Waals surface area contributed by atoms with Gasteiger partial charge in [0.05, 0.1) is 6.10 Å². The van der Waals surface area contributed by atoms with E-state index in [1.165, 1.54) is 0 Å². The zero-order valence-corrected chi connectivity index (χ0v) is 9.66. The predicted molar refractivity (Wildman–Crippen MR) is 61.1 cm³/mol. The minimum absolute atomic E-state index is 0.330. The molecule has 1 saturated heterocycles. The van der Waals surface area contributed by atoms with Crippen LogP contribution in [-0.2, 0) is 6.42 Å². The molecular weight excluding hydrogens is 238 g/mol. The van der Waals surface area contributed by atoms with Crippen molar-refractivity contribution in [3.63, 3.8) is 0 Å². The van der Waals surface area contributed by atoms with Crippen molar-refractivity contribution in [2.75, 3.05) is 0 Å². The van der Waals surface area contributed by atoms with Crippen LogP contribution >= 0.6 is 0 Å². The fourth-order valence-electron chi connectivity index (χ4n) is 2.33. The number of pyridine rings is 1. The molecule has 2 heterocycles. The second kappa shape index (κ2) is 5.27. The lowest BCUT2D eigenvalue weighted by molar-refractivity contribution is -0.218. The zero-order valence-electron chi connectivity index (χ0n) is 9.66. The summed E-state index contributed by atoms with van der Waals surface area (Å²) in [7, 11) is 0. The van der Waals surface area contributed by atoms with Crippen molar-refractivity contribution in [2.45, 2.75) is 31.0 Å². The Morgan fingerprint density at radius 3 is 2.67 bits per heavy atom. The number of hydroxylamine groups is 2. The summed E-state index contributed by atoms with van der Waals surface area (Å²) in [6.45, 7) is 0. The van der Waals surface area contributed by atoms with E-state index in [1.807, 2.05) is 0 Å². The van der Waals surface area contributed by atoms with E-state index in [1.54, 1.807) is 24.5 Å². The molecule has 1 aliphatic heterocycles. The summed E-state index contributed by atoms with van der Waals surface area (Å²) in [5, 5.41) is 39.2. The van der Waals surface area contributed by atoms with Crippen LogP contribution in [0.3, 0.4) is 0 Å². The fraction of sp³-hybridized carbons (Fsp3) is 0.545. The third kappa shape index (κ3) is 2.37. The van der Waals surface area contributed by atoms with Crippen LogP contribution in [0.25, 0.3) is 0 Å². The Balaban J connectivity index is 2.14. The third-order valence-corrected chi connectivity index (χ3v) is 3.29. The smallest absolute Gasteiger partial charge is 0.135 e. The van der Waals surface area contributed by atoms with E-state index in [2.05, 4.69) is 4.98 Å². The normalized spacial score (nSPS) is 34.7. The lowest BCUT2D eigenvalue weighted by Gasteiger charge is -2.23. The van der Waals surface area contributed by atoms with Gasteiger partial charge in [-0.25, -0.2) is 0 Å². The molecule has 7 nitrogen and oxygen atoms in total. The summed E-state index contributed by atoms with van der Waals surface area (Å²) in [6, 6.07) is 2.46. The predicted octanol–water partition coefficient (Wildman–Crippen LogP) is -1.73. The molecule has 6 N–H and O–H groups in total. The summed E-state index contributed by atoms with van der Waals surface area (Å²) >= 11 is 0. The molecule has 5 unspecified atom stereocenters. The van der Waals surface area contributed by atoms with E-state index >= 15 is 0 Å². The average molecular weight is 255 g/mol. The SMILES string of the molecule is NC(O)C1C(O)C(Cc2cccnc2)C(O)N1O. The summed E-state index contributed by atoms with van der Waals surface area (Å²) in [6.07, 6.45) is -0.258. The first-order valence-electron chi connectivity index (χ1n) is 5.68. The average Bonchev–Trinajstić information content (AvgIpc) is 2.55. The molecule has 7 heteroatoms. The van der Waals surface area contributed by atoms with Crippen molar-refractivity contribution in [3.05, 3.63) is 30.1 Å². The van der Waals surface area contributed by atoms with Crippen LogP contribution < -0.4 is 5.73 Å². The maximum absolute atomic E-state index is 10.00. The molecule has 0 spiro atoms. The first kappa shape index (κ1) is 13.3. The number of hydrogen-bond acceptors (Lipinski definition) is 7. The molecular formula is C11H17N3O4. The number of aliphatic hydroxyl groups is 3. The van der Waals surface area contributed by atoms with Crippen LogP contribution in [-0.4, -0.2) is 55.2 Å². The van der Waals surface area contributed by atoms with Crippen LogP contribution in [0.2, 0.25) is 0 Å². The highest BCUT2D eigenvalue weighted by Gasteiger charge is 2.49. The summed E-state index contributed by atoms with van der Waals surface area (Å²) in [5.41, 5.74) is 6.09. The van der Waals surface area contributed by atoms with Gasteiger partial charge in [-0.15, -0.1) is 0 Å². The zero-order chi connectivity index (χ0) is 13.3. The Labute approximate surface area is 104 Å². The number of nitrogens with zero attached hydrogens (tertiary/aromatic N) is 2.